The van der Waals surface area contributed by atoms with E-state index >= 15 is 0 Å². The molecule has 2 nitrogen and oxygen atoms in total. The van der Waals surface area contributed by atoms with Crippen LogP contribution in [-0.4, -0.2) is 6.21 Å². The minimum Gasteiger partial charge on any atom is -0.390 e. The van der Waals surface area contributed by atoms with Gasteiger partial charge in [-0.2, -0.15) is 0 Å². The smallest absolute Gasteiger partial charge is 0.142 e. The summed E-state index contributed by atoms with van der Waals surface area (Å²) in [6.45, 7) is 2.52. The van der Waals surface area contributed by atoms with Gasteiger partial charge in [-0.3, -0.25) is 0 Å². The Bertz CT molecular complexity index is 532. The highest BCUT2D eigenvalue weighted by Gasteiger charge is 1.94. The van der Waals surface area contributed by atoms with E-state index in [1.54, 1.807) is 12.1 Å². The van der Waals surface area contributed by atoms with Gasteiger partial charge in [0.05, 0.1) is 0 Å². The quantitative estimate of drug-likeness (QED) is 0.588. The third kappa shape index (κ3) is 4.21. The summed E-state index contributed by atoms with van der Waals surface area (Å²) < 4.78 is 12.7. The van der Waals surface area contributed by atoms with Crippen molar-refractivity contribution in [3.63, 3.8) is 0 Å². The lowest BCUT2D eigenvalue weighted by atomic mass is 10.1. The molecule has 2 aromatic carbocycles. The molecule has 0 spiro atoms. The molecule has 19 heavy (non-hydrogen) atoms. The van der Waals surface area contributed by atoms with E-state index in [-0.39, 0.29) is 5.82 Å². The number of rotatable bonds is 5. The minimum atomic E-state index is -0.275. The van der Waals surface area contributed by atoms with Crippen LogP contribution in [-0.2, 0) is 17.9 Å². The zero-order valence-corrected chi connectivity index (χ0v) is 10.8. The molecule has 0 amide bonds. The maximum atomic E-state index is 12.7. The third-order valence-corrected chi connectivity index (χ3v) is 2.75. The van der Waals surface area contributed by atoms with Crippen LogP contribution in [0.3, 0.4) is 0 Å². The second-order valence-corrected chi connectivity index (χ2v) is 4.15. The van der Waals surface area contributed by atoms with E-state index in [2.05, 4.69) is 30.4 Å². The van der Waals surface area contributed by atoms with Crippen LogP contribution < -0.4 is 0 Å². The summed E-state index contributed by atoms with van der Waals surface area (Å²) in [5.41, 5.74) is 3.04. The van der Waals surface area contributed by atoms with Crippen LogP contribution in [0.4, 0.5) is 4.39 Å². The van der Waals surface area contributed by atoms with E-state index in [1.165, 1.54) is 17.7 Å². The first-order valence-electron chi connectivity index (χ1n) is 6.19. The van der Waals surface area contributed by atoms with Crippen LogP contribution in [0.15, 0.2) is 53.7 Å². The largest absolute Gasteiger partial charge is 0.390 e. The molecule has 0 saturated carbocycles. The fraction of sp³-hybridized carbons (Fsp3) is 0.188. The Morgan fingerprint density at radius 1 is 1.00 bits per heavy atom. The monoisotopic (exact) mass is 256 g/mol. The van der Waals surface area contributed by atoms with Crippen molar-refractivity contribution in [2.75, 3.05) is 0 Å². The Morgan fingerprint density at radius 2 is 1.63 bits per heavy atom. The molecule has 0 saturated heterocycles. The normalized spacial score (nSPS) is 10.8. The molecule has 0 unspecified atom stereocenters. The first-order chi connectivity index (χ1) is 9.28. The van der Waals surface area contributed by atoms with E-state index < -0.39 is 0 Å². The number of aryl methyl sites for hydroxylation is 1. The second kappa shape index (κ2) is 6.69. The molecular formula is C16H15FNO. The average molecular weight is 256 g/mol. The summed E-state index contributed by atoms with van der Waals surface area (Å²) in [5.74, 6) is -0.275. The van der Waals surface area contributed by atoms with Crippen molar-refractivity contribution in [3.8, 4) is 0 Å². The molecule has 2 aromatic rings. The Labute approximate surface area is 112 Å². The van der Waals surface area contributed by atoms with E-state index in [0.717, 1.165) is 12.0 Å². The summed E-state index contributed by atoms with van der Waals surface area (Å²) in [4.78, 5) is 5.15. The van der Waals surface area contributed by atoms with Crippen LogP contribution in [0, 0.1) is 5.82 Å². The average Bonchev–Trinajstić information content (AvgIpc) is 2.46. The van der Waals surface area contributed by atoms with Gasteiger partial charge in [0, 0.05) is 5.56 Å². The van der Waals surface area contributed by atoms with Crippen LogP contribution in [0.25, 0.3) is 0 Å². The lowest BCUT2D eigenvalue weighted by Crippen LogP contribution is -1.89. The standard InChI is InChI=1S/C16H15FNO/c1-2-13-3-5-15(6-4-13)12-19-18-11-14-7-9-16(17)10-8-14/h3-10H,2,12H2,1H3. The predicted octanol–water partition coefficient (Wildman–Crippen LogP) is 3.82. The maximum Gasteiger partial charge on any atom is 0.142 e. The van der Waals surface area contributed by atoms with Gasteiger partial charge in [-0.05, 0) is 41.8 Å². The number of halogens is 1. The van der Waals surface area contributed by atoms with E-state index in [4.69, 9.17) is 4.84 Å². The highest BCUT2D eigenvalue weighted by molar-refractivity contribution is 5.78. The molecule has 0 bridgehead atoms. The van der Waals surface area contributed by atoms with Crippen LogP contribution in [0.1, 0.15) is 23.6 Å². The molecule has 0 fully saturated rings. The van der Waals surface area contributed by atoms with Gasteiger partial charge in [0.25, 0.3) is 0 Å². The third-order valence-electron chi connectivity index (χ3n) is 2.75. The van der Waals surface area contributed by atoms with Crippen molar-refractivity contribution in [1.82, 2.24) is 0 Å². The molecule has 0 aliphatic heterocycles. The first-order valence-corrected chi connectivity index (χ1v) is 6.19. The maximum absolute atomic E-state index is 12.7. The van der Waals surface area contributed by atoms with E-state index in [9.17, 15) is 4.39 Å². The molecule has 0 aliphatic carbocycles. The molecule has 0 aromatic heterocycles. The van der Waals surface area contributed by atoms with Crippen LogP contribution >= 0.6 is 0 Å². The fourth-order valence-electron chi connectivity index (χ4n) is 1.59. The SMILES string of the molecule is CCc1ccc(CO/N=[C]\c2ccc(F)cc2)cc1. The number of nitrogens with zero attached hydrogens (tertiary/aromatic N) is 1. The van der Waals surface area contributed by atoms with Gasteiger partial charge in [0.15, 0.2) is 0 Å². The summed E-state index contributed by atoms with van der Waals surface area (Å²) in [5, 5.41) is 3.74. The molecule has 1 radical (unpaired) electrons. The van der Waals surface area contributed by atoms with Crippen molar-refractivity contribution in [2.24, 2.45) is 5.16 Å². The summed E-state index contributed by atoms with van der Waals surface area (Å²) in [6.07, 6.45) is 3.73. The van der Waals surface area contributed by atoms with Crippen molar-refractivity contribution < 1.29 is 9.23 Å². The summed E-state index contributed by atoms with van der Waals surface area (Å²) >= 11 is 0. The van der Waals surface area contributed by atoms with E-state index in [1.807, 2.05) is 12.1 Å². The van der Waals surface area contributed by atoms with Crippen LogP contribution in [0.2, 0.25) is 0 Å². The van der Waals surface area contributed by atoms with Crippen LogP contribution in [0.5, 0.6) is 0 Å². The van der Waals surface area contributed by atoms with Gasteiger partial charge in [-0.15, -0.1) is 0 Å². The van der Waals surface area contributed by atoms with Gasteiger partial charge in [-0.1, -0.05) is 36.3 Å². The molecule has 0 N–H and O–H groups in total. The molecule has 0 heterocycles. The highest BCUT2D eigenvalue weighted by atomic mass is 19.1. The van der Waals surface area contributed by atoms with Gasteiger partial charge in [0.2, 0.25) is 0 Å². The van der Waals surface area contributed by atoms with Crippen molar-refractivity contribution >= 4 is 6.21 Å². The van der Waals surface area contributed by atoms with Gasteiger partial charge >= 0.3 is 0 Å². The molecule has 0 atom stereocenters. The van der Waals surface area contributed by atoms with Gasteiger partial charge in [0.1, 0.15) is 18.6 Å². The van der Waals surface area contributed by atoms with Crippen molar-refractivity contribution in [1.29, 1.82) is 0 Å². The lowest BCUT2D eigenvalue weighted by molar-refractivity contribution is 0.132. The zero-order chi connectivity index (χ0) is 13.5. The molecule has 3 heteroatoms. The van der Waals surface area contributed by atoms with Gasteiger partial charge in [-0.25, -0.2) is 4.39 Å². The molecule has 2 rings (SSSR count). The lowest BCUT2D eigenvalue weighted by Gasteiger charge is -2.01. The Morgan fingerprint density at radius 3 is 2.26 bits per heavy atom. The topological polar surface area (TPSA) is 21.6 Å². The summed E-state index contributed by atoms with van der Waals surface area (Å²) in [6, 6.07) is 14.1. The Balaban J connectivity index is 1.83. The van der Waals surface area contributed by atoms with Crippen molar-refractivity contribution in [2.45, 2.75) is 20.0 Å². The fourth-order valence-corrected chi connectivity index (χ4v) is 1.59. The first kappa shape index (κ1) is 13.3. The summed E-state index contributed by atoms with van der Waals surface area (Å²) in [7, 11) is 0. The van der Waals surface area contributed by atoms with Gasteiger partial charge < -0.3 is 4.84 Å². The Hall–Kier alpha value is -2.16. The second-order valence-electron chi connectivity index (χ2n) is 4.15. The highest BCUT2D eigenvalue weighted by Crippen LogP contribution is 2.06. The Kier molecular flexibility index (Phi) is 4.67. The number of hydrogen-bond acceptors (Lipinski definition) is 2. The molecule has 0 aliphatic rings. The predicted molar refractivity (Wildman–Crippen MR) is 73.5 cm³/mol. The van der Waals surface area contributed by atoms with Crippen molar-refractivity contribution in [3.05, 3.63) is 71.0 Å². The molecular weight excluding hydrogens is 241 g/mol. The molecule has 97 valence electrons. The number of hydrogen-bond donors (Lipinski definition) is 0. The minimum absolute atomic E-state index is 0.275. The number of benzene rings is 2. The zero-order valence-electron chi connectivity index (χ0n) is 10.8. The van der Waals surface area contributed by atoms with E-state index in [0.29, 0.717) is 12.2 Å².